The minimum Gasteiger partial charge on any atom is -0.323 e. The predicted octanol–water partition coefficient (Wildman–Crippen LogP) is 2.18. The van der Waals surface area contributed by atoms with Crippen LogP contribution in [-0.2, 0) is 9.84 Å². The highest BCUT2D eigenvalue weighted by atomic mass is 32.2. The molecule has 1 unspecified atom stereocenters. The molecule has 0 saturated carbocycles. The summed E-state index contributed by atoms with van der Waals surface area (Å²) >= 11 is 0. The zero-order valence-electron chi connectivity index (χ0n) is 10.2. The first kappa shape index (κ1) is 15.0. The smallest absolute Gasteiger partial charge is 0.159 e. The van der Waals surface area contributed by atoms with E-state index < -0.39 is 27.5 Å². The van der Waals surface area contributed by atoms with Gasteiger partial charge in [-0.3, -0.25) is 0 Å². The topological polar surface area (TPSA) is 60.2 Å². The molecule has 6 heteroatoms. The molecule has 0 aliphatic heterocycles. The SMILES string of the molecule is CCCCS(=O)(=O)CC(N)c1ccc(F)c(F)c1. The van der Waals surface area contributed by atoms with Gasteiger partial charge in [-0.1, -0.05) is 19.4 Å². The van der Waals surface area contributed by atoms with E-state index in [0.717, 1.165) is 18.6 Å². The summed E-state index contributed by atoms with van der Waals surface area (Å²) in [4.78, 5) is 0. The summed E-state index contributed by atoms with van der Waals surface area (Å²) in [6, 6.07) is 2.36. The van der Waals surface area contributed by atoms with Gasteiger partial charge in [0.2, 0.25) is 0 Å². The van der Waals surface area contributed by atoms with Crippen LogP contribution in [0.15, 0.2) is 18.2 Å². The van der Waals surface area contributed by atoms with Gasteiger partial charge in [0.1, 0.15) is 0 Å². The summed E-state index contributed by atoms with van der Waals surface area (Å²) in [5.74, 6) is -2.17. The van der Waals surface area contributed by atoms with Gasteiger partial charge < -0.3 is 5.73 Å². The summed E-state index contributed by atoms with van der Waals surface area (Å²) in [7, 11) is -3.26. The minimum atomic E-state index is -3.26. The fourth-order valence-corrected chi connectivity index (χ4v) is 3.20. The molecule has 0 aromatic heterocycles. The molecule has 3 nitrogen and oxygen atoms in total. The molecule has 1 aromatic carbocycles. The maximum Gasteiger partial charge on any atom is 0.159 e. The Morgan fingerprint density at radius 3 is 2.50 bits per heavy atom. The van der Waals surface area contributed by atoms with Crippen LogP contribution in [-0.4, -0.2) is 19.9 Å². The third-order valence-electron chi connectivity index (χ3n) is 2.61. The Morgan fingerprint density at radius 2 is 1.94 bits per heavy atom. The predicted molar refractivity (Wildman–Crippen MR) is 66.8 cm³/mol. The van der Waals surface area contributed by atoms with E-state index in [1.807, 2.05) is 6.92 Å². The monoisotopic (exact) mass is 277 g/mol. The summed E-state index contributed by atoms with van der Waals surface area (Å²) in [5, 5.41) is 0. The third-order valence-corrected chi connectivity index (χ3v) is 4.39. The molecule has 0 radical (unpaired) electrons. The highest BCUT2D eigenvalue weighted by molar-refractivity contribution is 7.91. The Balaban J connectivity index is 2.75. The lowest BCUT2D eigenvalue weighted by Gasteiger charge is -2.12. The lowest BCUT2D eigenvalue weighted by atomic mass is 10.1. The van der Waals surface area contributed by atoms with Crippen molar-refractivity contribution >= 4 is 9.84 Å². The number of benzene rings is 1. The van der Waals surface area contributed by atoms with Gasteiger partial charge in [0, 0.05) is 6.04 Å². The van der Waals surface area contributed by atoms with Gasteiger partial charge in [-0.2, -0.15) is 0 Å². The lowest BCUT2D eigenvalue weighted by molar-refractivity contribution is 0.505. The molecule has 2 N–H and O–H groups in total. The molecule has 0 amide bonds. The van der Waals surface area contributed by atoms with Crippen molar-refractivity contribution in [3.05, 3.63) is 35.4 Å². The van der Waals surface area contributed by atoms with Crippen molar-refractivity contribution in [3.63, 3.8) is 0 Å². The highest BCUT2D eigenvalue weighted by Crippen LogP contribution is 2.16. The first-order valence-corrected chi connectivity index (χ1v) is 7.59. The maximum atomic E-state index is 13.0. The van der Waals surface area contributed by atoms with Crippen molar-refractivity contribution in [1.82, 2.24) is 0 Å². The van der Waals surface area contributed by atoms with Gasteiger partial charge in [0.25, 0.3) is 0 Å². The summed E-state index contributed by atoms with van der Waals surface area (Å²) in [6.07, 6.45) is 1.35. The fourth-order valence-electron chi connectivity index (χ4n) is 1.56. The van der Waals surface area contributed by atoms with E-state index in [1.54, 1.807) is 0 Å². The van der Waals surface area contributed by atoms with Crippen LogP contribution in [0.1, 0.15) is 31.4 Å². The molecule has 0 aliphatic carbocycles. The van der Waals surface area contributed by atoms with Crippen LogP contribution >= 0.6 is 0 Å². The molecule has 0 bridgehead atoms. The maximum absolute atomic E-state index is 13.0. The number of hydrogen-bond acceptors (Lipinski definition) is 3. The molecule has 102 valence electrons. The minimum absolute atomic E-state index is 0.0703. The van der Waals surface area contributed by atoms with Crippen LogP contribution in [0.5, 0.6) is 0 Å². The van der Waals surface area contributed by atoms with Crippen LogP contribution < -0.4 is 5.73 Å². The molecule has 18 heavy (non-hydrogen) atoms. The van der Waals surface area contributed by atoms with Crippen molar-refractivity contribution in [2.45, 2.75) is 25.8 Å². The second kappa shape index (κ2) is 6.24. The average Bonchev–Trinajstić information content (AvgIpc) is 2.29. The normalized spacial score (nSPS) is 13.6. The quantitative estimate of drug-likeness (QED) is 0.867. The molecule has 0 heterocycles. The van der Waals surface area contributed by atoms with Crippen molar-refractivity contribution in [1.29, 1.82) is 0 Å². The number of hydrogen-bond donors (Lipinski definition) is 1. The molecule has 0 saturated heterocycles. The fraction of sp³-hybridized carbons (Fsp3) is 0.500. The van der Waals surface area contributed by atoms with Gasteiger partial charge in [-0.15, -0.1) is 0 Å². The van der Waals surface area contributed by atoms with E-state index in [4.69, 9.17) is 5.73 Å². The molecule has 0 aliphatic rings. The Labute approximate surface area is 106 Å². The Hall–Kier alpha value is -1.01. The molecule has 1 aromatic rings. The Bertz CT molecular complexity index is 503. The number of rotatable bonds is 6. The molecule has 0 fully saturated rings. The van der Waals surface area contributed by atoms with Crippen molar-refractivity contribution in [2.75, 3.05) is 11.5 Å². The van der Waals surface area contributed by atoms with Gasteiger partial charge >= 0.3 is 0 Å². The first-order chi connectivity index (χ1) is 8.35. The van der Waals surface area contributed by atoms with E-state index in [1.165, 1.54) is 6.07 Å². The second-order valence-electron chi connectivity index (χ2n) is 4.25. The number of halogens is 2. The largest absolute Gasteiger partial charge is 0.323 e. The number of nitrogens with two attached hydrogens (primary N) is 1. The first-order valence-electron chi connectivity index (χ1n) is 5.76. The molecule has 0 spiro atoms. The van der Waals surface area contributed by atoms with Crippen LogP contribution in [0, 0.1) is 11.6 Å². The average molecular weight is 277 g/mol. The molecular formula is C12H17F2NO2S. The van der Waals surface area contributed by atoms with E-state index in [0.29, 0.717) is 6.42 Å². The van der Waals surface area contributed by atoms with Gasteiger partial charge in [-0.25, -0.2) is 17.2 Å². The number of unbranched alkanes of at least 4 members (excludes halogenated alkanes) is 1. The molecular weight excluding hydrogens is 260 g/mol. The summed E-state index contributed by atoms with van der Waals surface area (Å²) in [6.45, 7) is 1.89. The second-order valence-corrected chi connectivity index (χ2v) is 6.48. The molecule has 1 rings (SSSR count). The summed E-state index contributed by atoms with van der Waals surface area (Å²) < 4.78 is 49.1. The zero-order valence-corrected chi connectivity index (χ0v) is 11.0. The van der Waals surface area contributed by atoms with Crippen LogP contribution in [0.25, 0.3) is 0 Å². The Morgan fingerprint density at radius 1 is 1.28 bits per heavy atom. The van der Waals surface area contributed by atoms with Gasteiger partial charge in [-0.05, 0) is 24.1 Å². The van der Waals surface area contributed by atoms with E-state index in [9.17, 15) is 17.2 Å². The van der Waals surface area contributed by atoms with Crippen LogP contribution in [0.3, 0.4) is 0 Å². The third kappa shape index (κ3) is 4.34. The van der Waals surface area contributed by atoms with Crippen molar-refractivity contribution in [2.24, 2.45) is 5.73 Å². The van der Waals surface area contributed by atoms with E-state index in [-0.39, 0.29) is 17.1 Å². The van der Waals surface area contributed by atoms with Crippen LogP contribution in [0.2, 0.25) is 0 Å². The number of sulfone groups is 1. The van der Waals surface area contributed by atoms with Gasteiger partial charge in [0.05, 0.1) is 11.5 Å². The Kier molecular flexibility index (Phi) is 5.22. The van der Waals surface area contributed by atoms with E-state index >= 15 is 0 Å². The van der Waals surface area contributed by atoms with Crippen LogP contribution in [0.4, 0.5) is 8.78 Å². The molecule has 1 atom stereocenters. The zero-order chi connectivity index (χ0) is 13.8. The van der Waals surface area contributed by atoms with E-state index in [2.05, 4.69) is 0 Å². The highest BCUT2D eigenvalue weighted by Gasteiger charge is 2.18. The van der Waals surface area contributed by atoms with Gasteiger partial charge in [0.15, 0.2) is 21.5 Å². The van der Waals surface area contributed by atoms with Crippen molar-refractivity contribution < 1.29 is 17.2 Å². The van der Waals surface area contributed by atoms with Crippen molar-refractivity contribution in [3.8, 4) is 0 Å². The summed E-state index contributed by atoms with van der Waals surface area (Å²) in [5.41, 5.74) is 5.99. The standard InChI is InChI=1S/C12H17F2NO2S/c1-2-3-6-18(16,17)8-12(15)9-4-5-10(13)11(14)7-9/h4-5,7,12H,2-3,6,8,15H2,1H3. The lowest BCUT2D eigenvalue weighted by Crippen LogP contribution is -2.23.